The van der Waals surface area contributed by atoms with Gasteiger partial charge in [0.05, 0.1) is 0 Å². The van der Waals surface area contributed by atoms with Gasteiger partial charge in [-0.3, -0.25) is 0 Å². The van der Waals surface area contributed by atoms with Crippen molar-refractivity contribution in [2.24, 2.45) is 0 Å². The minimum absolute atomic E-state index is 1.01. The molecule has 0 unspecified atom stereocenters. The zero-order valence-corrected chi connectivity index (χ0v) is 24.4. The van der Waals surface area contributed by atoms with E-state index in [0.717, 1.165) is 49.9 Å². The van der Waals surface area contributed by atoms with Crippen LogP contribution in [-0.4, -0.2) is 15.2 Å². The van der Waals surface area contributed by atoms with Crippen LogP contribution in [-0.2, 0) is 25.7 Å². The second-order valence-electron chi connectivity index (χ2n) is 10.4. The summed E-state index contributed by atoms with van der Waals surface area (Å²) in [6.45, 7) is 0. The molecule has 4 aromatic carbocycles. The highest BCUT2D eigenvalue weighted by Gasteiger charge is 2.52. The van der Waals surface area contributed by atoms with Crippen molar-refractivity contribution in [3.8, 4) is 23.9 Å². The molecule has 0 atom stereocenters. The number of hydrogen-bond acceptors (Lipinski definition) is 0. The average Bonchev–Trinajstić information content (AvgIpc) is 3.00. The number of aryl methyl sites for hydroxylation is 4. The number of terminal acetylenes is 2. The smallest absolute Gasteiger partial charge is 0.136 e. The molecule has 0 spiro atoms. The summed E-state index contributed by atoms with van der Waals surface area (Å²) in [6.07, 6.45) is 17.4. The van der Waals surface area contributed by atoms with E-state index in [1.165, 1.54) is 22.3 Å². The first-order valence-electron chi connectivity index (χ1n) is 13.8. The van der Waals surface area contributed by atoms with Crippen molar-refractivity contribution in [2.75, 3.05) is 0 Å². The fraction of sp³-hybridized carbons (Fsp3) is 0.222. The SMILES string of the molecule is C#C[Si](CCc1ccccc1)(CCc1ccccc1)[Si](C#C)(CCc1ccccc1)CCc1ccccc1. The molecule has 0 radical (unpaired) electrons. The van der Waals surface area contributed by atoms with Crippen LogP contribution in [0.1, 0.15) is 22.3 Å². The van der Waals surface area contributed by atoms with E-state index in [4.69, 9.17) is 12.8 Å². The van der Waals surface area contributed by atoms with E-state index in [0.29, 0.717) is 0 Å². The van der Waals surface area contributed by atoms with E-state index in [9.17, 15) is 0 Å². The summed E-state index contributed by atoms with van der Waals surface area (Å²) >= 11 is 0. The fourth-order valence-electron chi connectivity index (χ4n) is 5.78. The molecule has 0 aliphatic rings. The first-order chi connectivity index (χ1) is 18.7. The van der Waals surface area contributed by atoms with Crippen LogP contribution in [0.4, 0.5) is 0 Å². The van der Waals surface area contributed by atoms with E-state index in [2.05, 4.69) is 132 Å². The Morgan fingerprint density at radius 2 is 0.579 bits per heavy atom. The van der Waals surface area contributed by atoms with Crippen LogP contribution < -0.4 is 0 Å². The van der Waals surface area contributed by atoms with Crippen molar-refractivity contribution in [1.29, 1.82) is 0 Å². The third-order valence-electron chi connectivity index (χ3n) is 8.20. The molecular formula is C36H38Si2. The van der Waals surface area contributed by atoms with Crippen LogP contribution in [0, 0.1) is 23.9 Å². The van der Waals surface area contributed by atoms with Crippen molar-refractivity contribution in [1.82, 2.24) is 0 Å². The molecule has 0 saturated heterocycles. The molecule has 38 heavy (non-hydrogen) atoms. The third-order valence-corrected chi connectivity index (χ3v) is 24.9. The Kier molecular flexibility index (Phi) is 9.99. The van der Waals surface area contributed by atoms with Gasteiger partial charge in [0, 0.05) is 0 Å². The highest BCUT2D eigenvalue weighted by molar-refractivity contribution is 7.48. The zero-order chi connectivity index (χ0) is 26.5. The molecule has 4 rings (SSSR count). The molecule has 0 aliphatic carbocycles. The van der Waals surface area contributed by atoms with Crippen LogP contribution in [0.25, 0.3) is 0 Å². The maximum Gasteiger partial charge on any atom is 0.144 e. The molecule has 0 aliphatic heterocycles. The molecular weight excluding hydrogens is 489 g/mol. The predicted octanol–water partition coefficient (Wildman–Crippen LogP) is 8.28. The summed E-state index contributed by atoms with van der Waals surface area (Å²) in [5, 5.41) is 0. The van der Waals surface area contributed by atoms with Gasteiger partial charge in [-0.25, -0.2) is 0 Å². The van der Waals surface area contributed by atoms with E-state index in [1.54, 1.807) is 0 Å². The quantitative estimate of drug-likeness (QED) is 0.121. The molecule has 0 saturated carbocycles. The van der Waals surface area contributed by atoms with Crippen molar-refractivity contribution in [3.63, 3.8) is 0 Å². The standard InChI is InChI=1S/C36H38Si2/c1-3-37(29-25-33-17-9-5-10-18-33,30-26-34-19-11-6-12-20-34)38(4-2,31-27-35-21-13-7-14-22-35)32-28-36-23-15-8-16-24-36/h1-2,5-24H,25-32H2. The maximum absolute atomic E-state index is 6.69. The number of rotatable bonds is 13. The Bertz CT molecular complexity index is 1120. The fourth-order valence-corrected chi connectivity index (χ4v) is 21.1. The second kappa shape index (κ2) is 13.8. The van der Waals surface area contributed by atoms with Gasteiger partial charge in [-0.2, -0.15) is 0 Å². The lowest BCUT2D eigenvalue weighted by Gasteiger charge is -2.42. The summed E-state index contributed by atoms with van der Waals surface area (Å²) in [5.41, 5.74) is 12.6. The van der Waals surface area contributed by atoms with E-state index < -0.39 is 15.2 Å². The summed E-state index contributed by atoms with van der Waals surface area (Å²) < 4.78 is 0. The van der Waals surface area contributed by atoms with Gasteiger partial charge in [-0.05, 0) is 72.1 Å². The molecule has 0 bridgehead atoms. The zero-order valence-electron chi connectivity index (χ0n) is 22.4. The van der Waals surface area contributed by atoms with Crippen LogP contribution in [0.15, 0.2) is 121 Å². The molecule has 0 heterocycles. The van der Waals surface area contributed by atoms with Gasteiger partial charge in [0.15, 0.2) is 0 Å². The van der Waals surface area contributed by atoms with Crippen LogP contribution >= 0.6 is 0 Å². The van der Waals surface area contributed by atoms with E-state index in [1.807, 2.05) is 0 Å². The van der Waals surface area contributed by atoms with Crippen molar-refractivity contribution in [2.45, 2.75) is 49.9 Å². The minimum atomic E-state index is -2.29. The summed E-state index contributed by atoms with van der Waals surface area (Å²) in [5.74, 6) is 0. The first kappa shape index (κ1) is 27.5. The summed E-state index contributed by atoms with van der Waals surface area (Å²) in [6, 6.07) is 47.6. The molecule has 4 aromatic rings. The van der Waals surface area contributed by atoms with E-state index in [-0.39, 0.29) is 0 Å². The largest absolute Gasteiger partial charge is 0.144 e. The van der Waals surface area contributed by atoms with Crippen LogP contribution in [0.5, 0.6) is 0 Å². The lowest BCUT2D eigenvalue weighted by Crippen LogP contribution is -2.62. The van der Waals surface area contributed by atoms with Crippen LogP contribution in [0.2, 0.25) is 24.2 Å². The van der Waals surface area contributed by atoms with Gasteiger partial charge in [0.25, 0.3) is 0 Å². The normalized spacial score (nSPS) is 11.4. The number of hydrogen-bond donors (Lipinski definition) is 0. The molecule has 0 aromatic heterocycles. The van der Waals surface area contributed by atoms with Gasteiger partial charge in [-0.15, -0.1) is 23.9 Å². The Hall–Kier alpha value is -3.57. The second-order valence-corrected chi connectivity index (χ2v) is 23.0. The van der Waals surface area contributed by atoms with Crippen molar-refractivity contribution >= 4 is 15.2 Å². The topological polar surface area (TPSA) is 0 Å². The summed E-state index contributed by atoms with van der Waals surface area (Å²) in [4.78, 5) is 0. The van der Waals surface area contributed by atoms with Gasteiger partial charge in [-0.1, -0.05) is 121 Å². The lowest BCUT2D eigenvalue weighted by molar-refractivity contribution is 1.02. The third kappa shape index (κ3) is 7.05. The lowest BCUT2D eigenvalue weighted by atomic mass is 10.2. The van der Waals surface area contributed by atoms with Gasteiger partial charge in [0.1, 0.15) is 15.2 Å². The van der Waals surface area contributed by atoms with E-state index >= 15 is 0 Å². The molecule has 190 valence electrons. The van der Waals surface area contributed by atoms with Gasteiger partial charge < -0.3 is 0 Å². The number of benzene rings is 4. The summed E-state index contributed by atoms with van der Waals surface area (Å²) in [7, 11) is -4.58. The average molecular weight is 527 g/mol. The van der Waals surface area contributed by atoms with Crippen molar-refractivity contribution < 1.29 is 0 Å². The maximum atomic E-state index is 6.69. The Balaban J connectivity index is 1.71. The Labute approximate surface area is 232 Å². The van der Waals surface area contributed by atoms with Crippen molar-refractivity contribution in [3.05, 3.63) is 144 Å². The molecule has 0 fully saturated rings. The highest BCUT2D eigenvalue weighted by atomic mass is 29.3. The predicted molar refractivity (Wildman–Crippen MR) is 169 cm³/mol. The molecule has 0 N–H and O–H groups in total. The minimum Gasteiger partial charge on any atom is -0.136 e. The first-order valence-corrected chi connectivity index (χ1v) is 19.6. The Morgan fingerprint density at radius 3 is 0.763 bits per heavy atom. The molecule has 0 nitrogen and oxygen atoms in total. The van der Waals surface area contributed by atoms with Crippen LogP contribution in [0.3, 0.4) is 0 Å². The molecule has 0 amide bonds. The Morgan fingerprint density at radius 1 is 0.368 bits per heavy atom. The van der Waals surface area contributed by atoms with Gasteiger partial charge in [0.2, 0.25) is 0 Å². The monoisotopic (exact) mass is 526 g/mol. The van der Waals surface area contributed by atoms with Gasteiger partial charge >= 0.3 is 0 Å². The molecule has 2 heteroatoms. The highest BCUT2D eigenvalue weighted by Crippen LogP contribution is 2.37.